The lowest BCUT2D eigenvalue weighted by atomic mass is 10.1. The van der Waals surface area contributed by atoms with Crippen LogP contribution in [0.25, 0.3) is 0 Å². The van der Waals surface area contributed by atoms with Gasteiger partial charge in [0.15, 0.2) is 10.6 Å². The van der Waals surface area contributed by atoms with Crippen molar-refractivity contribution in [1.82, 2.24) is 5.32 Å². The van der Waals surface area contributed by atoms with Gasteiger partial charge >= 0.3 is 0 Å². The highest BCUT2D eigenvalue weighted by atomic mass is 35.5. The number of carbonyl (C=O) groups excluding carboxylic acids is 1. The van der Waals surface area contributed by atoms with E-state index < -0.39 is 15.9 Å². The highest BCUT2D eigenvalue weighted by Gasteiger charge is 2.39. The molecule has 2 atom stereocenters. The van der Waals surface area contributed by atoms with Gasteiger partial charge in [0.25, 0.3) is 0 Å². The van der Waals surface area contributed by atoms with Gasteiger partial charge in [0.05, 0.1) is 5.38 Å². The van der Waals surface area contributed by atoms with E-state index in [1.807, 2.05) is 0 Å². The molecule has 0 saturated heterocycles. The molecular weight excluding hydrogens is 296 g/mol. The van der Waals surface area contributed by atoms with Crippen LogP contribution in [0, 0.1) is 0 Å². The third-order valence-corrected chi connectivity index (χ3v) is 4.34. The molecule has 0 spiro atoms. The van der Waals surface area contributed by atoms with Crippen LogP contribution < -0.4 is 5.32 Å². The first-order chi connectivity index (χ1) is 8.32. The van der Waals surface area contributed by atoms with Gasteiger partial charge in [-0.1, -0.05) is 55.8 Å². The first-order valence-electron chi connectivity index (χ1n) is 6.31. The summed E-state index contributed by atoms with van der Waals surface area (Å²) in [6.45, 7) is 3.69. The standard InChI is InChI=1S/C12H22Cl3NO2/c1-3-4-5-6-7-8-10(17)16-11(18)12(14,15)9(2)13/h9,11,18H,3-8H2,1-2H3,(H,16,17)/t9-,11-/m0/s1. The van der Waals surface area contributed by atoms with E-state index in [0.717, 1.165) is 19.3 Å². The van der Waals surface area contributed by atoms with E-state index in [0.29, 0.717) is 6.42 Å². The average Bonchev–Trinajstić information content (AvgIpc) is 2.28. The summed E-state index contributed by atoms with van der Waals surface area (Å²) in [7, 11) is 0. The number of rotatable bonds is 9. The number of alkyl halides is 3. The number of carbonyl (C=O) groups is 1. The van der Waals surface area contributed by atoms with Gasteiger partial charge in [-0.3, -0.25) is 4.79 Å². The van der Waals surface area contributed by atoms with E-state index in [1.165, 1.54) is 12.8 Å². The normalized spacial score (nSPS) is 15.2. The van der Waals surface area contributed by atoms with Crippen molar-refractivity contribution in [3.8, 4) is 0 Å². The van der Waals surface area contributed by atoms with E-state index in [2.05, 4.69) is 12.2 Å². The molecule has 0 aromatic carbocycles. The van der Waals surface area contributed by atoms with Gasteiger partial charge in [0.1, 0.15) is 0 Å². The molecule has 0 aliphatic carbocycles. The first-order valence-corrected chi connectivity index (χ1v) is 7.50. The number of halogens is 3. The van der Waals surface area contributed by atoms with E-state index in [4.69, 9.17) is 34.8 Å². The Kier molecular flexibility index (Phi) is 9.40. The van der Waals surface area contributed by atoms with Crippen LogP contribution >= 0.6 is 34.8 Å². The highest BCUT2D eigenvalue weighted by molar-refractivity contribution is 6.52. The Labute approximate surface area is 124 Å². The van der Waals surface area contributed by atoms with Crippen molar-refractivity contribution < 1.29 is 9.90 Å². The van der Waals surface area contributed by atoms with E-state index in [1.54, 1.807) is 6.92 Å². The van der Waals surface area contributed by atoms with Crippen molar-refractivity contribution >= 4 is 40.7 Å². The zero-order valence-electron chi connectivity index (χ0n) is 10.9. The summed E-state index contributed by atoms with van der Waals surface area (Å²) in [6.07, 6.45) is 4.28. The lowest BCUT2D eigenvalue weighted by Crippen LogP contribution is -2.50. The predicted molar refractivity (Wildman–Crippen MR) is 77.3 cm³/mol. The van der Waals surface area contributed by atoms with Gasteiger partial charge in [0, 0.05) is 6.42 Å². The number of unbranched alkanes of at least 4 members (excludes halogenated alkanes) is 4. The molecule has 0 aliphatic rings. The van der Waals surface area contributed by atoms with Crippen LogP contribution in [0.1, 0.15) is 52.4 Å². The smallest absolute Gasteiger partial charge is 0.222 e. The Morgan fingerprint density at radius 2 is 1.83 bits per heavy atom. The van der Waals surface area contributed by atoms with Gasteiger partial charge in [-0.05, 0) is 13.3 Å². The topological polar surface area (TPSA) is 49.3 Å². The minimum Gasteiger partial charge on any atom is -0.370 e. The maximum atomic E-state index is 11.5. The summed E-state index contributed by atoms with van der Waals surface area (Å²) in [5, 5.41) is 11.4. The summed E-state index contributed by atoms with van der Waals surface area (Å²) in [6, 6.07) is 0. The summed E-state index contributed by atoms with van der Waals surface area (Å²) in [4.78, 5) is 11.5. The number of hydrogen-bond acceptors (Lipinski definition) is 2. The second-order valence-electron chi connectivity index (χ2n) is 4.42. The summed E-state index contributed by atoms with van der Waals surface area (Å²) in [5.74, 6) is -0.262. The van der Waals surface area contributed by atoms with Crippen LogP contribution in [0.15, 0.2) is 0 Å². The maximum absolute atomic E-state index is 11.5. The fourth-order valence-corrected chi connectivity index (χ4v) is 1.66. The average molecular weight is 319 g/mol. The third-order valence-electron chi connectivity index (χ3n) is 2.70. The highest BCUT2D eigenvalue weighted by Crippen LogP contribution is 2.31. The van der Waals surface area contributed by atoms with Crippen LogP contribution in [-0.2, 0) is 4.79 Å². The largest absolute Gasteiger partial charge is 0.370 e. The minimum atomic E-state index is -1.58. The molecule has 0 fully saturated rings. The molecule has 0 radical (unpaired) electrons. The molecule has 0 bridgehead atoms. The Balaban J connectivity index is 3.87. The molecule has 1 amide bonds. The number of amides is 1. The van der Waals surface area contributed by atoms with Gasteiger partial charge in [-0.15, -0.1) is 11.6 Å². The lowest BCUT2D eigenvalue weighted by Gasteiger charge is -2.28. The number of aliphatic hydroxyl groups excluding tert-OH is 1. The summed E-state index contributed by atoms with van der Waals surface area (Å²) in [5.41, 5.74) is 0. The first kappa shape index (κ1) is 18.3. The molecule has 18 heavy (non-hydrogen) atoms. The van der Waals surface area contributed by atoms with E-state index in [9.17, 15) is 9.90 Å². The van der Waals surface area contributed by atoms with Gasteiger partial charge in [-0.25, -0.2) is 0 Å². The van der Waals surface area contributed by atoms with Crippen molar-refractivity contribution in [3.63, 3.8) is 0 Å². The Hall–Kier alpha value is 0.300. The molecule has 2 N–H and O–H groups in total. The summed E-state index contributed by atoms with van der Waals surface area (Å²) < 4.78 is -1.58. The molecule has 3 nitrogen and oxygen atoms in total. The van der Waals surface area contributed by atoms with Crippen LogP contribution in [0.2, 0.25) is 0 Å². The SMILES string of the molecule is CCCCCCCC(=O)N[C@@H](O)C(Cl)(Cl)[C@H](C)Cl. The van der Waals surface area contributed by atoms with Crippen LogP contribution in [0.4, 0.5) is 0 Å². The summed E-state index contributed by atoms with van der Waals surface area (Å²) >= 11 is 17.4. The lowest BCUT2D eigenvalue weighted by molar-refractivity contribution is -0.124. The fraction of sp³-hybridized carbons (Fsp3) is 0.917. The molecule has 0 rings (SSSR count). The molecule has 0 unspecified atom stereocenters. The van der Waals surface area contributed by atoms with Crippen molar-refractivity contribution in [2.45, 2.75) is 68.3 Å². The molecular formula is C12H22Cl3NO2. The van der Waals surface area contributed by atoms with Gasteiger partial charge in [0.2, 0.25) is 5.91 Å². The van der Waals surface area contributed by atoms with Gasteiger partial charge in [-0.2, -0.15) is 0 Å². The zero-order valence-corrected chi connectivity index (χ0v) is 13.2. The number of nitrogens with one attached hydrogen (secondary N) is 1. The molecule has 0 aromatic heterocycles. The zero-order chi connectivity index (χ0) is 14.2. The van der Waals surface area contributed by atoms with Crippen molar-refractivity contribution in [3.05, 3.63) is 0 Å². The maximum Gasteiger partial charge on any atom is 0.222 e. The van der Waals surface area contributed by atoms with E-state index in [-0.39, 0.29) is 5.91 Å². The molecule has 0 aliphatic heterocycles. The molecule has 0 aromatic rings. The molecule has 0 saturated carbocycles. The number of aliphatic hydroxyl groups is 1. The Morgan fingerprint density at radius 3 is 2.33 bits per heavy atom. The molecule has 108 valence electrons. The predicted octanol–water partition coefficient (Wildman–Crippen LogP) is 3.58. The third kappa shape index (κ3) is 7.03. The van der Waals surface area contributed by atoms with Crippen molar-refractivity contribution in [2.75, 3.05) is 0 Å². The molecule has 0 heterocycles. The van der Waals surface area contributed by atoms with Gasteiger partial charge < -0.3 is 10.4 Å². The second-order valence-corrected chi connectivity index (χ2v) is 6.52. The van der Waals surface area contributed by atoms with Crippen LogP contribution in [0.5, 0.6) is 0 Å². The van der Waals surface area contributed by atoms with Crippen LogP contribution in [0.3, 0.4) is 0 Å². The fourth-order valence-electron chi connectivity index (χ4n) is 1.43. The quantitative estimate of drug-likeness (QED) is 0.388. The van der Waals surface area contributed by atoms with Crippen molar-refractivity contribution in [2.24, 2.45) is 0 Å². The number of hydrogen-bond donors (Lipinski definition) is 2. The Morgan fingerprint density at radius 1 is 1.28 bits per heavy atom. The minimum absolute atomic E-state index is 0.262. The van der Waals surface area contributed by atoms with Crippen molar-refractivity contribution in [1.29, 1.82) is 0 Å². The second kappa shape index (κ2) is 9.24. The van der Waals surface area contributed by atoms with E-state index >= 15 is 0 Å². The van der Waals surface area contributed by atoms with Crippen LogP contribution in [-0.4, -0.2) is 27.0 Å². The Bertz CT molecular complexity index is 247. The monoisotopic (exact) mass is 317 g/mol. The molecule has 6 heteroatoms.